The number of nitrogens with two attached hydrogens (primary N) is 2. The minimum atomic E-state index is -0.819. The average Bonchev–Trinajstić information content (AvgIpc) is 2.92. The van der Waals surface area contributed by atoms with Crippen LogP contribution in [0.15, 0.2) is 102 Å². The van der Waals surface area contributed by atoms with Crippen molar-refractivity contribution in [3.8, 4) is 5.75 Å². The lowest BCUT2D eigenvalue weighted by molar-refractivity contribution is -0.142. The van der Waals surface area contributed by atoms with Crippen LogP contribution >= 0.6 is 0 Å². The number of aliphatic imine (C=N–C) groups is 1. The Bertz CT molecular complexity index is 3010. The fraction of sp³-hybridized carbons (Fsp3) is 0.315. The van der Waals surface area contributed by atoms with E-state index in [2.05, 4.69) is 20.9 Å². The molecule has 3 aliphatic rings. The number of nitrogens with one attached hydrogen (secondary N) is 3. The Kier molecular flexibility index (Phi) is 22.5. The summed E-state index contributed by atoms with van der Waals surface area (Å²) in [5.41, 5.74) is 12.4. The average molecular weight is 1140 g/mol. The number of hydrogen-bond donors (Lipinski definition) is 6. The number of phenols is 1. The molecule has 3 aliphatic heterocycles. The number of guanidine groups is 1. The number of aromatic hydroxyl groups is 1. The summed E-state index contributed by atoms with van der Waals surface area (Å²) in [5.74, 6) is -5.63. The van der Waals surface area contributed by atoms with Gasteiger partial charge in [-0.3, -0.25) is 48.1 Å². The summed E-state index contributed by atoms with van der Waals surface area (Å²) in [4.78, 5) is 152. The molecule has 434 valence electrons. The van der Waals surface area contributed by atoms with E-state index in [-0.39, 0.29) is 97.5 Å². The molecule has 0 saturated carbocycles. The van der Waals surface area contributed by atoms with Gasteiger partial charge in [0.2, 0.25) is 0 Å². The molecule has 0 bridgehead atoms. The third-order valence-corrected chi connectivity index (χ3v) is 11.9. The number of benzene rings is 4. The highest BCUT2D eigenvalue weighted by atomic mass is 16.5. The lowest BCUT2D eigenvalue weighted by Gasteiger charge is -2.34. The molecule has 12 amide bonds. The van der Waals surface area contributed by atoms with E-state index in [1.54, 1.807) is 88.4 Å². The topological polar surface area (TPSA) is 373 Å². The zero-order valence-electron chi connectivity index (χ0n) is 45.4. The SMILES string of the molecule is CCOC(=O)CNC(=O)N(C(C)CC)N1C(=O)c2ccccc2C1=O.CCOC(=O)CNC(=O)N(CCCN=C(N)N)N1C(=O)c2ccccc2C1=O.CCOC(=O)CNC(=O)N(Cc1ccc(O)cc1)N1C(=O)c2ccccc2C1=O. The molecule has 4 aromatic carbocycles. The number of hydrazine groups is 3. The van der Waals surface area contributed by atoms with Crippen LogP contribution in [0.5, 0.6) is 5.75 Å². The number of imide groups is 3. The Morgan fingerprint density at radius 2 is 0.866 bits per heavy atom. The van der Waals surface area contributed by atoms with Gasteiger partial charge in [-0.15, -0.1) is 0 Å². The van der Waals surface area contributed by atoms with Crippen molar-refractivity contribution in [2.75, 3.05) is 52.5 Å². The highest BCUT2D eigenvalue weighted by molar-refractivity contribution is 6.23. The van der Waals surface area contributed by atoms with Crippen LogP contribution in [0, 0.1) is 0 Å². The smallest absolute Gasteiger partial charge is 0.337 e. The third kappa shape index (κ3) is 15.4. The first-order chi connectivity index (χ1) is 39.2. The number of fused-ring (bicyclic) bond motifs is 3. The Morgan fingerprint density at radius 1 is 0.524 bits per heavy atom. The molecule has 28 nitrogen and oxygen atoms in total. The van der Waals surface area contributed by atoms with Crippen LogP contribution in [0.1, 0.15) is 115 Å². The fourth-order valence-electron chi connectivity index (χ4n) is 7.90. The lowest BCUT2D eigenvalue weighted by Crippen LogP contribution is -2.57. The van der Waals surface area contributed by atoms with Crippen molar-refractivity contribution in [1.29, 1.82) is 0 Å². The first-order valence-electron chi connectivity index (χ1n) is 25.6. The van der Waals surface area contributed by atoms with Crippen molar-refractivity contribution in [1.82, 2.24) is 46.0 Å². The van der Waals surface area contributed by atoms with Crippen LogP contribution in [0.25, 0.3) is 0 Å². The Morgan fingerprint density at radius 3 is 1.22 bits per heavy atom. The number of rotatable bonds is 20. The highest BCUT2D eigenvalue weighted by Crippen LogP contribution is 2.28. The maximum Gasteiger partial charge on any atom is 0.337 e. The Labute approximate surface area is 469 Å². The van der Waals surface area contributed by atoms with Crippen LogP contribution in [0.2, 0.25) is 0 Å². The van der Waals surface area contributed by atoms with Crippen LogP contribution in [0.3, 0.4) is 0 Å². The van der Waals surface area contributed by atoms with Gasteiger partial charge in [0.1, 0.15) is 25.4 Å². The van der Waals surface area contributed by atoms with E-state index >= 15 is 0 Å². The molecular formula is C54H62N12O16. The molecule has 0 aliphatic carbocycles. The van der Waals surface area contributed by atoms with E-state index in [9.17, 15) is 62.6 Å². The molecule has 0 spiro atoms. The minimum absolute atomic E-state index is 0.0308. The Balaban J connectivity index is 0.000000226. The second-order valence-electron chi connectivity index (χ2n) is 17.4. The zero-order chi connectivity index (χ0) is 60.2. The van der Waals surface area contributed by atoms with Crippen molar-refractivity contribution in [2.45, 2.75) is 60.0 Å². The van der Waals surface area contributed by atoms with Crippen LogP contribution in [-0.2, 0) is 35.1 Å². The van der Waals surface area contributed by atoms with E-state index in [0.29, 0.717) is 12.0 Å². The molecule has 1 unspecified atom stereocenters. The number of carbonyl (C=O) groups is 12. The van der Waals surface area contributed by atoms with Gasteiger partial charge in [-0.05, 0) is 94.6 Å². The molecule has 0 radical (unpaired) electrons. The number of esters is 3. The number of nitrogens with zero attached hydrogens (tertiary/aromatic N) is 7. The van der Waals surface area contributed by atoms with E-state index in [4.69, 9.17) is 25.7 Å². The summed E-state index contributed by atoms with van der Waals surface area (Å²) in [6.07, 6.45) is 0.790. The summed E-state index contributed by atoms with van der Waals surface area (Å²) >= 11 is 0. The maximum atomic E-state index is 12.8. The maximum absolute atomic E-state index is 12.8. The third-order valence-electron chi connectivity index (χ3n) is 11.9. The summed E-state index contributed by atoms with van der Waals surface area (Å²) in [5, 5.41) is 21.8. The molecule has 1 atom stereocenters. The highest BCUT2D eigenvalue weighted by Gasteiger charge is 2.44. The number of carbonyl (C=O) groups excluding carboxylic acids is 12. The number of ether oxygens (including phenoxy) is 3. The van der Waals surface area contributed by atoms with E-state index in [1.165, 1.54) is 36.4 Å². The zero-order valence-corrected chi connectivity index (χ0v) is 45.4. The fourth-order valence-corrected chi connectivity index (χ4v) is 7.90. The van der Waals surface area contributed by atoms with E-state index < -0.39 is 90.6 Å². The molecule has 7 rings (SSSR count). The molecule has 28 heteroatoms. The summed E-state index contributed by atoms with van der Waals surface area (Å²) in [6.45, 7) is 7.84. The second kappa shape index (κ2) is 29.5. The lowest BCUT2D eigenvalue weighted by atomic mass is 10.1. The van der Waals surface area contributed by atoms with Gasteiger partial charge in [0.05, 0.1) is 65.8 Å². The quantitative estimate of drug-likeness (QED) is 0.0185. The molecule has 0 aromatic heterocycles. The van der Waals surface area contributed by atoms with Gasteiger partial charge < -0.3 is 46.7 Å². The molecule has 0 saturated heterocycles. The molecule has 4 aromatic rings. The molecule has 3 heterocycles. The molecule has 82 heavy (non-hydrogen) atoms. The molecular weight excluding hydrogens is 1070 g/mol. The van der Waals surface area contributed by atoms with Crippen molar-refractivity contribution in [3.63, 3.8) is 0 Å². The van der Waals surface area contributed by atoms with Crippen LogP contribution in [0.4, 0.5) is 14.4 Å². The number of amides is 12. The Hall–Kier alpha value is -10.4. The first kappa shape index (κ1) is 62.4. The molecule has 0 fully saturated rings. The van der Waals surface area contributed by atoms with Gasteiger partial charge in [-0.1, -0.05) is 55.5 Å². The van der Waals surface area contributed by atoms with Crippen molar-refractivity contribution < 1.29 is 76.9 Å². The number of urea groups is 3. The van der Waals surface area contributed by atoms with Gasteiger partial charge in [0.15, 0.2) is 5.96 Å². The van der Waals surface area contributed by atoms with Crippen molar-refractivity contribution >= 4 is 77.4 Å². The number of phenolic OH excluding ortho intramolecular Hbond substituents is 1. The van der Waals surface area contributed by atoms with Gasteiger partial charge in [0, 0.05) is 13.1 Å². The number of hydrogen-bond acceptors (Lipinski definition) is 17. The van der Waals surface area contributed by atoms with Gasteiger partial charge in [-0.25, -0.2) is 29.4 Å². The summed E-state index contributed by atoms with van der Waals surface area (Å²) in [7, 11) is 0. The normalized spacial score (nSPS) is 13.0. The predicted octanol–water partition coefficient (Wildman–Crippen LogP) is 2.68. The first-order valence-corrected chi connectivity index (χ1v) is 25.6. The standard InChI is InChI=1S/C20H19N3O6.C17H22N6O5.C17H21N3O5/c1-2-29-17(25)11-21-20(28)22(12-13-7-9-14(24)10-8-13)23-18(26)15-5-3-4-6-16(15)19(23)27;1-2-28-13(24)10-21-17(27)22(9-5-8-20-16(18)19)23-14(25)11-6-3-4-7-12(11)15(23)26;1-4-11(3)19(17(24)18-10-14(21)25-5-2)20-15(22)12-8-6-7-9-13(12)16(20)23/h3-10,24H,2,11-12H2,1H3,(H,21,28);3-4,6-7H,2,5,8-10H2,1H3,(H,21,27)(H4,18,19,20);6-9,11H,4-5,10H2,1-3H3,(H,18,24). The van der Waals surface area contributed by atoms with Crippen molar-refractivity contribution in [3.05, 3.63) is 136 Å². The van der Waals surface area contributed by atoms with Gasteiger partial charge in [0.25, 0.3) is 35.4 Å². The summed E-state index contributed by atoms with van der Waals surface area (Å²) < 4.78 is 14.3. The second-order valence-corrected chi connectivity index (χ2v) is 17.4. The van der Waals surface area contributed by atoms with Crippen LogP contribution < -0.4 is 27.4 Å². The molecule has 8 N–H and O–H groups in total. The monoisotopic (exact) mass is 1130 g/mol. The largest absolute Gasteiger partial charge is 0.508 e. The summed E-state index contributed by atoms with van der Waals surface area (Å²) in [6, 6.07) is 22.1. The van der Waals surface area contributed by atoms with Gasteiger partial charge in [-0.2, -0.15) is 15.0 Å². The van der Waals surface area contributed by atoms with E-state index in [0.717, 1.165) is 30.1 Å². The van der Waals surface area contributed by atoms with E-state index in [1.807, 2.05) is 6.92 Å². The minimum Gasteiger partial charge on any atom is -0.508 e. The van der Waals surface area contributed by atoms with Crippen LogP contribution in [-0.4, -0.2) is 171 Å². The predicted molar refractivity (Wildman–Crippen MR) is 288 cm³/mol. The van der Waals surface area contributed by atoms with Gasteiger partial charge >= 0.3 is 36.0 Å². The van der Waals surface area contributed by atoms with Crippen molar-refractivity contribution in [2.24, 2.45) is 16.5 Å².